The number of carbonyl (C=O) groups excluding carboxylic acids is 2. The first-order valence-corrected chi connectivity index (χ1v) is 11.0. The number of thioether (sulfide) groups is 1. The second-order valence-corrected chi connectivity index (χ2v) is 8.47. The summed E-state index contributed by atoms with van der Waals surface area (Å²) in [7, 11) is 0. The third-order valence-corrected chi connectivity index (χ3v) is 6.30. The van der Waals surface area contributed by atoms with Crippen LogP contribution in [0.25, 0.3) is 5.69 Å². The Morgan fingerprint density at radius 1 is 1.13 bits per heavy atom. The van der Waals surface area contributed by atoms with Gasteiger partial charge in [0, 0.05) is 17.6 Å². The van der Waals surface area contributed by atoms with Gasteiger partial charge >= 0.3 is 0 Å². The van der Waals surface area contributed by atoms with Gasteiger partial charge in [0.25, 0.3) is 0 Å². The summed E-state index contributed by atoms with van der Waals surface area (Å²) in [5.41, 5.74) is 4.83. The van der Waals surface area contributed by atoms with E-state index in [0.717, 1.165) is 22.5 Å². The molecule has 4 rings (SSSR count). The van der Waals surface area contributed by atoms with E-state index in [2.05, 4.69) is 10.4 Å². The Kier molecular flexibility index (Phi) is 5.90. The maximum atomic E-state index is 12.9. The van der Waals surface area contributed by atoms with E-state index in [-0.39, 0.29) is 18.2 Å². The zero-order chi connectivity index (χ0) is 21.1. The van der Waals surface area contributed by atoms with Crippen LogP contribution >= 0.6 is 11.8 Å². The molecule has 0 saturated carbocycles. The smallest absolute Gasteiger partial charge is 0.248 e. The summed E-state index contributed by atoms with van der Waals surface area (Å²) in [6.45, 7) is 4.05. The molecule has 6 nitrogen and oxygen atoms in total. The number of amides is 2. The molecule has 1 saturated heterocycles. The fraction of sp³-hybridized carbons (Fsp3) is 0.261. The van der Waals surface area contributed by atoms with Crippen LogP contribution in [0, 0.1) is 13.8 Å². The number of para-hydroxylation sites is 1. The van der Waals surface area contributed by atoms with Crippen LogP contribution in [0.2, 0.25) is 0 Å². The predicted molar refractivity (Wildman–Crippen MR) is 120 cm³/mol. The molecule has 2 heterocycles. The summed E-state index contributed by atoms with van der Waals surface area (Å²) >= 11 is 1.60. The molecular formula is C23H24N4O2S. The molecule has 1 unspecified atom stereocenters. The topological polar surface area (TPSA) is 67.2 Å². The number of carbonyl (C=O) groups is 2. The van der Waals surface area contributed by atoms with Crippen LogP contribution in [0.1, 0.15) is 16.7 Å². The number of benzene rings is 2. The van der Waals surface area contributed by atoms with Crippen molar-refractivity contribution in [1.82, 2.24) is 14.7 Å². The summed E-state index contributed by atoms with van der Waals surface area (Å²) in [5, 5.41) is 7.32. The van der Waals surface area contributed by atoms with Crippen molar-refractivity contribution in [3.8, 4) is 5.69 Å². The molecule has 1 fully saturated rings. The monoisotopic (exact) mass is 420 g/mol. The molecule has 30 heavy (non-hydrogen) atoms. The van der Waals surface area contributed by atoms with Crippen LogP contribution in [0.3, 0.4) is 0 Å². The molecule has 0 aliphatic carbocycles. The highest BCUT2D eigenvalue weighted by Crippen LogP contribution is 2.24. The summed E-state index contributed by atoms with van der Waals surface area (Å²) in [4.78, 5) is 27.4. The molecule has 1 N–H and O–H groups in total. The number of nitrogens with zero attached hydrogens (tertiary/aromatic N) is 3. The second kappa shape index (κ2) is 8.75. The van der Waals surface area contributed by atoms with Gasteiger partial charge in [0.2, 0.25) is 11.8 Å². The van der Waals surface area contributed by atoms with E-state index in [9.17, 15) is 9.59 Å². The summed E-state index contributed by atoms with van der Waals surface area (Å²) in [5.74, 6) is 0.923. The highest BCUT2D eigenvalue weighted by atomic mass is 32.2. The van der Waals surface area contributed by atoms with Crippen LogP contribution in [-0.4, -0.2) is 44.2 Å². The zero-order valence-corrected chi connectivity index (χ0v) is 17.9. The van der Waals surface area contributed by atoms with E-state index in [1.807, 2.05) is 68.6 Å². The molecular weight excluding hydrogens is 396 g/mol. The highest BCUT2D eigenvalue weighted by molar-refractivity contribution is 7.99. The fourth-order valence-electron chi connectivity index (χ4n) is 3.40. The van der Waals surface area contributed by atoms with E-state index < -0.39 is 6.04 Å². The zero-order valence-electron chi connectivity index (χ0n) is 17.0. The fourth-order valence-corrected chi connectivity index (χ4v) is 4.58. The largest absolute Gasteiger partial charge is 0.324 e. The van der Waals surface area contributed by atoms with E-state index in [1.54, 1.807) is 27.5 Å². The molecule has 2 aromatic carbocycles. The van der Waals surface area contributed by atoms with Gasteiger partial charge in [0.05, 0.1) is 24.2 Å². The first-order valence-electron chi connectivity index (χ1n) is 9.85. The van der Waals surface area contributed by atoms with Gasteiger partial charge in [-0.1, -0.05) is 24.3 Å². The molecule has 1 aliphatic rings. The van der Waals surface area contributed by atoms with Gasteiger partial charge in [0.15, 0.2) is 0 Å². The highest BCUT2D eigenvalue weighted by Gasteiger charge is 2.34. The standard InChI is InChI=1S/C23H24N4O2S/c1-16-8-9-19(10-17(16)2)25-23(29)21-14-30-15-26(21)22(28)11-18-12-24-27(13-18)20-6-4-3-5-7-20/h3-10,12-13,21H,11,14-15H2,1-2H3,(H,25,29). The number of nitrogens with one attached hydrogen (secondary N) is 1. The maximum absolute atomic E-state index is 12.9. The molecule has 0 spiro atoms. The van der Waals surface area contributed by atoms with Gasteiger partial charge in [-0.3, -0.25) is 9.59 Å². The van der Waals surface area contributed by atoms with E-state index >= 15 is 0 Å². The second-order valence-electron chi connectivity index (χ2n) is 7.47. The van der Waals surface area contributed by atoms with Crippen molar-refractivity contribution in [3.05, 3.63) is 77.6 Å². The number of aryl methyl sites for hydroxylation is 2. The summed E-state index contributed by atoms with van der Waals surface area (Å²) in [6.07, 6.45) is 3.79. The van der Waals surface area contributed by atoms with Crippen molar-refractivity contribution in [2.75, 3.05) is 16.9 Å². The Bertz CT molecular complexity index is 1060. The summed E-state index contributed by atoms with van der Waals surface area (Å²) in [6, 6.07) is 15.1. The first kappa shape index (κ1) is 20.2. The third kappa shape index (κ3) is 4.41. The van der Waals surface area contributed by atoms with Crippen molar-refractivity contribution >= 4 is 29.3 Å². The van der Waals surface area contributed by atoms with E-state index in [1.165, 1.54) is 5.56 Å². The van der Waals surface area contributed by atoms with Gasteiger partial charge in [-0.05, 0) is 54.8 Å². The number of hydrogen-bond acceptors (Lipinski definition) is 4. The SMILES string of the molecule is Cc1ccc(NC(=O)C2CSCN2C(=O)Cc2cnn(-c3ccccc3)c2)cc1C. The van der Waals surface area contributed by atoms with Crippen LogP contribution in [0.4, 0.5) is 5.69 Å². The molecule has 1 atom stereocenters. The molecule has 0 radical (unpaired) electrons. The molecule has 2 amide bonds. The van der Waals surface area contributed by atoms with Crippen molar-refractivity contribution in [3.63, 3.8) is 0 Å². The molecule has 154 valence electrons. The number of aromatic nitrogens is 2. The average molecular weight is 421 g/mol. The average Bonchev–Trinajstić information content (AvgIpc) is 3.41. The Labute approximate surface area is 180 Å². The van der Waals surface area contributed by atoms with Gasteiger partial charge in [0.1, 0.15) is 6.04 Å². The Balaban J connectivity index is 1.41. The minimum Gasteiger partial charge on any atom is -0.324 e. The van der Waals surface area contributed by atoms with Crippen molar-refractivity contribution < 1.29 is 9.59 Å². The van der Waals surface area contributed by atoms with E-state index in [4.69, 9.17) is 0 Å². The molecule has 0 bridgehead atoms. The third-order valence-electron chi connectivity index (χ3n) is 5.29. The molecule has 1 aromatic heterocycles. The lowest BCUT2D eigenvalue weighted by molar-refractivity contribution is -0.135. The van der Waals surface area contributed by atoms with Gasteiger partial charge in [-0.15, -0.1) is 11.8 Å². The summed E-state index contributed by atoms with van der Waals surface area (Å²) < 4.78 is 1.76. The van der Waals surface area contributed by atoms with Crippen LogP contribution in [-0.2, 0) is 16.0 Å². The minimum absolute atomic E-state index is 0.0622. The minimum atomic E-state index is -0.465. The maximum Gasteiger partial charge on any atom is 0.248 e. The van der Waals surface area contributed by atoms with Crippen molar-refractivity contribution in [2.45, 2.75) is 26.3 Å². The quantitative estimate of drug-likeness (QED) is 0.685. The lowest BCUT2D eigenvalue weighted by Crippen LogP contribution is -2.45. The number of rotatable bonds is 5. The number of hydrogen-bond donors (Lipinski definition) is 1. The Morgan fingerprint density at radius 3 is 2.70 bits per heavy atom. The van der Waals surface area contributed by atoms with Crippen molar-refractivity contribution in [1.29, 1.82) is 0 Å². The predicted octanol–water partition coefficient (Wildman–Crippen LogP) is 3.57. The lowest BCUT2D eigenvalue weighted by Gasteiger charge is -2.23. The number of anilines is 1. The van der Waals surface area contributed by atoms with Gasteiger partial charge < -0.3 is 10.2 Å². The van der Waals surface area contributed by atoms with Crippen LogP contribution < -0.4 is 5.32 Å². The van der Waals surface area contributed by atoms with Gasteiger partial charge in [-0.25, -0.2) is 4.68 Å². The Hall–Kier alpha value is -3.06. The van der Waals surface area contributed by atoms with Crippen molar-refractivity contribution in [2.24, 2.45) is 0 Å². The lowest BCUT2D eigenvalue weighted by atomic mass is 10.1. The molecule has 1 aliphatic heterocycles. The molecule has 3 aromatic rings. The first-order chi connectivity index (χ1) is 14.5. The van der Waals surface area contributed by atoms with Crippen LogP contribution in [0.15, 0.2) is 60.9 Å². The van der Waals surface area contributed by atoms with Crippen LogP contribution in [0.5, 0.6) is 0 Å². The van der Waals surface area contributed by atoms with E-state index in [0.29, 0.717) is 11.6 Å². The molecule has 7 heteroatoms. The Morgan fingerprint density at radius 2 is 1.93 bits per heavy atom. The normalized spacial score (nSPS) is 15.9. The van der Waals surface area contributed by atoms with Gasteiger partial charge in [-0.2, -0.15) is 5.10 Å².